The number of rotatable bonds is 1. The molecule has 1 aromatic rings. The van der Waals surface area contributed by atoms with Crippen molar-refractivity contribution in [2.24, 2.45) is 5.92 Å². The lowest BCUT2D eigenvalue weighted by Gasteiger charge is -2.18. The van der Waals surface area contributed by atoms with Crippen LogP contribution in [0.1, 0.15) is 31.0 Å². The molecule has 1 aliphatic carbocycles. The van der Waals surface area contributed by atoms with Crippen LogP contribution in [0.25, 0.3) is 0 Å². The second-order valence-corrected chi connectivity index (χ2v) is 4.43. The van der Waals surface area contributed by atoms with Crippen LogP contribution >= 0.6 is 0 Å². The lowest BCUT2D eigenvalue weighted by molar-refractivity contribution is -0.0552. The summed E-state index contributed by atoms with van der Waals surface area (Å²) < 4.78 is 27.5. The maximum absolute atomic E-state index is 13.8. The molecule has 2 atom stereocenters. The van der Waals surface area contributed by atoms with E-state index in [1.807, 2.05) is 21.0 Å². The van der Waals surface area contributed by atoms with Gasteiger partial charge in [0.25, 0.3) is 5.92 Å². The van der Waals surface area contributed by atoms with Gasteiger partial charge in [0.15, 0.2) is 5.82 Å². The molecule has 0 bridgehead atoms. The van der Waals surface area contributed by atoms with Crippen LogP contribution in [0.2, 0.25) is 0 Å². The van der Waals surface area contributed by atoms with E-state index in [4.69, 9.17) is 0 Å². The van der Waals surface area contributed by atoms with Crippen LogP contribution < -0.4 is 4.90 Å². The van der Waals surface area contributed by atoms with E-state index in [1.165, 1.54) is 0 Å². The van der Waals surface area contributed by atoms with Gasteiger partial charge in [-0.15, -0.1) is 0 Å². The Labute approximate surface area is 87.5 Å². The van der Waals surface area contributed by atoms with Gasteiger partial charge < -0.3 is 4.90 Å². The number of nitrogens with zero attached hydrogens (tertiary/aromatic N) is 2. The molecule has 1 heterocycles. The van der Waals surface area contributed by atoms with Gasteiger partial charge in [0.2, 0.25) is 0 Å². The number of alkyl halides is 2. The van der Waals surface area contributed by atoms with Crippen molar-refractivity contribution >= 4 is 5.82 Å². The van der Waals surface area contributed by atoms with Gasteiger partial charge in [-0.2, -0.15) is 13.9 Å². The number of hydrogen-bond acceptors (Lipinski definition) is 2. The Bertz CT molecular complexity index is 384. The fourth-order valence-corrected chi connectivity index (χ4v) is 2.16. The largest absolute Gasteiger partial charge is 0.361 e. The van der Waals surface area contributed by atoms with E-state index in [2.05, 4.69) is 10.2 Å². The molecule has 1 aliphatic rings. The minimum absolute atomic E-state index is 0.00815. The van der Waals surface area contributed by atoms with Crippen LogP contribution in [0.15, 0.2) is 0 Å². The monoisotopic (exact) mass is 215 g/mol. The number of halogens is 2. The number of fused-ring (bicyclic) bond motifs is 1. The summed E-state index contributed by atoms with van der Waals surface area (Å²) in [5.41, 5.74) is 0.656. The van der Waals surface area contributed by atoms with Crippen LogP contribution in [0.4, 0.5) is 14.6 Å². The maximum Gasteiger partial charge on any atom is 0.292 e. The van der Waals surface area contributed by atoms with E-state index in [0.717, 1.165) is 0 Å². The standard InChI is InChI=1S/C10H15F2N3/c1-5-6(2)10(11,12)8-7(5)9(14-13-8)15(3)4/h5-6H,1-4H3,(H,13,14)/t5-,6+/m0/s1. The van der Waals surface area contributed by atoms with E-state index < -0.39 is 11.8 Å². The summed E-state index contributed by atoms with van der Waals surface area (Å²) in [6, 6.07) is 0. The van der Waals surface area contributed by atoms with Gasteiger partial charge in [0, 0.05) is 25.6 Å². The first-order valence-corrected chi connectivity index (χ1v) is 5.01. The van der Waals surface area contributed by atoms with Gasteiger partial charge in [-0.05, 0) is 5.92 Å². The summed E-state index contributed by atoms with van der Waals surface area (Å²) in [5.74, 6) is -2.98. The Morgan fingerprint density at radius 2 is 1.93 bits per heavy atom. The molecular weight excluding hydrogens is 200 g/mol. The highest BCUT2D eigenvalue weighted by atomic mass is 19.3. The number of hydrogen-bond donors (Lipinski definition) is 1. The van der Waals surface area contributed by atoms with E-state index in [0.29, 0.717) is 11.4 Å². The highest BCUT2D eigenvalue weighted by Gasteiger charge is 2.53. The predicted molar refractivity (Wildman–Crippen MR) is 54.4 cm³/mol. The molecular formula is C10H15F2N3. The van der Waals surface area contributed by atoms with E-state index in [1.54, 1.807) is 11.8 Å². The summed E-state index contributed by atoms with van der Waals surface area (Å²) in [5, 5.41) is 6.42. The second kappa shape index (κ2) is 2.93. The van der Waals surface area contributed by atoms with Crippen molar-refractivity contribution in [3.63, 3.8) is 0 Å². The first kappa shape index (κ1) is 10.4. The molecule has 5 heteroatoms. The lowest BCUT2D eigenvalue weighted by atomic mass is 9.95. The van der Waals surface area contributed by atoms with Gasteiger partial charge in [0.05, 0.1) is 0 Å². The van der Waals surface area contributed by atoms with Gasteiger partial charge >= 0.3 is 0 Å². The van der Waals surface area contributed by atoms with Crippen molar-refractivity contribution in [1.29, 1.82) is 0 Å². The Hall–Kier alpha value is -1.13. The average Bonchev–Trinajstić information content (AvgIpc) is 2.64. The molecule has 0 radical (unpaired) electrons. The smallest absolute Gasteiger partial charge is 0.292 e. The molecule has 2 rings (SSSR count). The van der Waals surface area contributed by atoms with Crippen molar-refractivity contribution in [3.8, 4) is 0 Å². The fraction of sp³-hybridized carbons (Fsp3) is 0.700. The summed E-state index contributed by atoms with van der Waals surface area (Å²) >= 11 is 0. The molecule has 0 spiro atoms. The third-order valence-electron chi connectivity index (χ3n) is 3.32. The first-order valence-electron chi connectivity index (χ1n) is 5.01. The zero-order valence-electron chi connectivity index (χ0n) is 9.31. The molecule has 0 amide bonds. The minimum atomic E-state index is -2.78. The second-order valence-electron chi connectivity index (χ2n) is 4.43. The van der Waals surface area contributed by atoms with E-state index in [-0.39, 0.29) is 11.6 Å². The molecule has 0 aliphatic heterocycles. The normalized spacial score (nSPS) is 27.9. The Balaban J connectivity index is 2.58. The highest BCUT2D eigenvalue weighted by Crippen LogP contribution is 2.53. The third kappa shape index (κ3) is 1.18. The average molecular weight is 215 g/mol. The number of aromatic nitrogens is 2. The molecule has 0 aromatic carbocycles. The lowest BCUT2D eigenvalue weighted by Crippen LogP contribution is -2.20. The summed E-state index contributed by atoms with van der Waals surface area (Å²) in [7, 11) is 3.62. The van der Waals surface area contributed by atoms with Crippen molar-refractivity contribution < 1.29 is 8.78 Å². The maximum atomic E-state index is 13.8. The predicted octanol–water partition coefficient (Wildman–Crippen LogP) is 2.32. The number of H-pyrrole nitrogens is 1. The third-order valence-corrected chi connectivity index (χ3v) is 3.32. The Morgan fingerprint density at radius 1 is 1.33 bits per heavy atom. The first-order chi connectivity index (χ1) is 6.87. The zero-order valence-corrected chi connectivity index (χ0v) is 9.31. The van der Waals surface area contributed by atoms with Crippen molar-refractivity contribution in [3.05, 3.63) is 11.3 Å². The molecule has 1 N–H and O–H groups in total. The molecule has 3 nitrogen and oxygen atoms in total. The molecule has 84 valence electrons. The molecule has 1 aromatic heterocycles. The summed E-state index contributed by atoms with van der Waals surface area (Å²) in [6.45, 7) is 3.41. The fourth-order valence-electron chi connectivity index (χ4n) is 2.16. The molecule has 15 heavy (non-hydrogen) atoms. The molecule has 0 saturated heterocycles. The number of aromatic amines is 1. The Morgan fingerprint density at radius 3 is 2.47 bits per heavy atom. The topological polar surface area (TPSA) is 31.9 Å². The highest BCUT2D eigenvalue weighted by molar-refractivity contribution is 5.54. The Kier molecular flexibility index (Phi) is 2.03. The zero-order chi connectivity index (χ0) is 11.4. The van der Waals surface area contributed by atoms with Crippen LogP contribution in [0.3, 0.4) is 0 Å². The van der Waals surface area contributed by atoms with Crippen molar-refractivity contribution in [1.82, 2.24) is 10.2 Å². The van der Waals surface area contributed by atoms with Gasteiger partial charge in [0.1, 0.15) is 5.69 Å². The quantitative estimate of drug-likeness (QED) is 0.779. The number of anilines is 1. The molecule has 0 fully saturated rings. The van der Waals surface area contributed by atoms with Crippen LogP contribution in [0, 0.1) is 5.92 Å². The van der Waals surface area contributed by atoms with Crippen LogP contribution in [-0.2, 0) is 5.92 Å². The van der Waals surface area contributed by atoms with Crippen molar-refractivity contribution in [2.75, 3.05) is 19.0 Å². The van der Waals surface area contributed by atoms with Crippen LogP contribution in [-0.4, -0.2) is 24.3 Å². The van der Waals surface area contributed by atoms with Gasteiger partial charge in [-0.1, -0.05) is 13.8 Å². The van der Waals surface area contributed by atoms with Gasteiger partial charge in [-0.25, -0.2) is 0 Å². The summed E-state index contributed by atoms with van der Waals surface area (Å²) in [6.07, 6.45) is 0. The SMILES string of the molecule is C[C@@H]1c2c(N(C)C)n[nH]c2C(F)(F)[C@@H]1C. The number of nitrogens with one attached hydrogen (secondary N) is 1. The van der Waals surface area contributed by atoms with Gasteiger partial charge in [-0.3, -0.25) is 5.10 Å². The summed E-state index contributed by atoms with van der Waals surface area (Å²) in [4.78, 5) is 1.76. The van der Waals surface area contributed by atoms with Crippen LogP contribution in [0.5, 0.6) is 0 Å². The van der Waals surface area contributed by atoms with Crippen molar-refractivity contribution in [2.45, 2.75) is 25.7 Å². The molecule has 0 unspecified atom stereocenters. The van der Waals surface area contributed by atoms with E-state index in [9.17, 15) is 8.78 Å². The van der Waals surface area contributed by atoms with E-state index >= 15 is 0 Å². The minimum Gasteiger partial charge on any atom is -0.361 e. The molecule has 0 saturated carbocycles.